The van der Waals surface area contributed by atoms with E-state index in [0.29, 0.717) is 0 Å². The lowest BCUT2D eigenvalue weighted by molar-refractivity contribution is -0.262. The summed E-state index contributed by atoms with van der Waals surface area (Å²) in [5.74, 6) is -7.60. The monoisotopic (exact) mass is 442 g/mol. The van der Waals surface area contributed by atoms with Crippen LogP contribution >= 0.6 is 0 Å². The Morgan fingerprint density at radius 2 is 1.77 bits per heavy atom. The van der Waals surface area contributed by atoms with Gasteiger partial charge >= 0.3 is 18.4 Å². The van der Waals surface area contributed by atoms with E-state index >= 15 is 0 Å². The van der Waals surface area contributed by atoms with Crippen molar-refractivity contribution in [2.75, 3.05) is 0 Å². The number of hydrogen-bond donors (Lipinski definition) is 0. The number of nitrogens with zero attached hydrogens (tertiary/aromatic N) is 1. The van der Waals surface area contributed by atoms with Crippen LogP contribution in [0.1, 0.15) is 27.6 Å². The number of amides is 2. The number of cyclic esters (lactones) is 1. The molecule has 2 unspecified atom stereocenters. The smallest absolute Gasteiger partial charge is 0.416 e. The van der Waals surface area contributed by atoms with Gasteiger partial charge in [-0.2, -0.15) is 8.78 Å². The second kappa shape index (κ2) is 8.32. The van der Waals surface area contributed by atoms with Crippen LogP contribution in [0.15, 0.2) is 48.5 Å². The van der Waals surface area contributed by atoms with E-state index in [1.54, 1.807) is 0 Å². The third-order valence-electron chi connectivity index (χ3n) is 4.71. The predicted octanol–water partition coefficient (Wildman–Crippen LogP) is 3.36. The zero-order valence-electron chi connectivity index (χ0n) is 15.4. The molecule has 0 bridgehead atoms. The summed E-state index contributed by atoms with van der Waals surface area (Å²) in [4.78, 5) is 35.5. The van der Waals surface area contributed by atoms with Gasteiger partial charge in [-0.15, -0.1) is 0 Å². The standard InChI is InChI=1S/C20H14F5NO5/c21-13-6-4-11(5-7-13)15-14(26(18(28)29)19(30)31-15)9-10-2-1-3-12(8-10)16(27)20(24,25)17(22)23/h1-8,14-15,17H,9H2,(H,28,29)/p-1. The summed E-state index contributed by atoms with van der Waals surface area (Å²) in [6.45, 7) is 0. The summed E-state index contributed by atoms with van der Waals surface area (Å²) in [5.41, 5.74) is -0.371. The summed E-state index contributed by atoms with van der Waals surface area (Å²) in [7, 11) is 0. The topological polar surface area (TPSA) is 86.7 Å². The molecule has 1 aliphatic rings. The number of carbonyl (C=O) groups is 3. The fraction of sp³-hybridized carbons (Fsp3) is 0.250. The van der Waals surface area contributed by atoms with Crippen molar-refractivity contribution in [3.05, 3.63) is 71.0 Å². The molecule has 2 amide bonds. The summed E-state index contributed by atoms with van der Waals surface area (Å²) in [6, 6.07) is 7.70. The quantitative estimate of drug-likeness (QED) is 0.506. The molecule has 0 radical (unpaired) electrons. The zero-order valence-corrected chi connectivity index (χ0v) is 15.4. The SMILES string of the molecule is O=C([O-])N1C(=O)OC(c2ccc(F)cc2)C1Cc1cccc(C(=O)C(F)(F)C(F)F)c1. The van der Waals surface area contributed by atoms with E-state index < -0.39 is 53.8 Å². The maximum absolute atomic E-state index is 13.4. The van der Waals surface area contributed by atoms with E-state index in [4.69, 9.17) is 4.74 Å². The highest BCUT2D eigenvalue weighted by Gasteiger charge is 2.49. The molecular weight excluding hydrogens is 429 g/mol. The predicted molar refractivity (Wildman–Crippen MR) is 92.1 cm³/mol. The van der Waals surface area contributed by atoms with Crippen LogP contribution in [0, 0.1) is 5.82 Å². The van der Waals surface area contributed by atoms with Crippen molar-refractivity contribution >= 4 is 18.0 Å². The number of carboxylic acid groups (broad SMARTS) is 1. The fourth-order valence-corrected chi connectivity index (χ4v) is 3.24. The number of halogens is 5. The van der Waals surface area contributed by atoms with Crippen LogP contribution in [0.25, 0.3) is 0 Å². The first-order valence-corrected chi connectivity index (χ1v) is 8.78. The Morgan fingerprint density at radius 3 is 2.35 bits per heavy atom. The van der Waals surface area contributed by atoms with Gasteiger partial charge in [0.05, 0.1) is 6.04 Å². The van der Waals surface area contributed by atoms with E-state index in [1.807, 2.05) is 0 Å². The lowest BCUT2D eigenvalue weighted by Gasteiger charge is -2.25. The minimum Gasteiger partial charge on any atom is -0.529 e. The van der Waals surface area contributed by atoms with Crippen LogP contribution in [0.5, 0.6) is 0 Å². The average molecular weight is 442 g/mol. The fourth-order valence-electron chi connectivity index (χ4n) is 3.24. The van der Waals surface area contributed by atoms with Gasteiger partial charge < -0.3 is 14.6 Å². The molecule has 6 nitrogen and oxygen atoms in total. The largest absolute Gasteiger partial charge is 0.529 e. The lowest BCUT2D eigenvalue weighted by Crippen LogP contribution is -2.47. The summed E-state index contributed by atoms with van der Waals surface area (Å²) in [6.07, 6.45) is -8.86. The molecule has 0 aliphatic carbocycles. The van der Waals surface area contributed by atoms with E-state index in [9.17, 15) is 41.4 Å². The molecule has 1 aliphatic heterocycles. The Bertz CT molecular complexity index is 1010. The maximum atomic E-state index is 13.4. The van der Waals surface area contributed by atoms with Crippen molar-refractivity contribution in [3.8, 4) is 0 Å². The van der Waals surface area contributed by atoms with E-state index in [-0.39, 0.29) is 22.4 Å². The third-order valence-corrected chi connectivity index (χ3v) is 4.71. The molecule has 3 rings (SSSR count). The number of imide groups is 1. The van der Waals surface area contributed by atoms with Gasteiger partial charge in [-0.25, -0.2) is 18.0 Å². The minimum absolute atomic E-state index is 0.0950. The van der Waals surface area contributed by atoms with Crippen molar-refractivity contribution < 1.29 is 46.2 Å². The van der Waals surface area contributed by atoms with E-state index in [1.165, 1.54) is 18.2 Å². The number of alkyl halides is 4. The number of carbonyl (C=O) groups excluding carboxylic acids is 3. The first-order chi connectivity index (χ1) is 14.5. The Labute approximate surface area is 171 Å². The molecule has 0 aromatic heterocycles. The molecule has 11 heteroatoms. The summed E-state index contributed by atoms with van der Waals surface area (Å²) < 4.78 is 70.1. The van der Waals surface area contributed by atoms with Gasteiger partial charge in [-0.1, -0.05) is 30.3 Å². The Morgan fingerprint density at radius 1 is 1.13 bits per heavy atom. The van der Waals surface area contributed by atoms with Crippen molar-refractivity contribution in [1.29, 1.82) is 0 Å². The Kier molecular flexibility index (Phi) is 5.96. The van der Waals surface area contributed by atoms with Gasteiger partial charge in [0.25, 0.3) is 0 Å². The van der Waals surface area contributed by atoms with Gasteiger partial charge in [0, 0.05) is 5.56 Å². The third kappa shape index (κ3) is 4.35. The van der Waals surface area contributed by atoms with Crippen molar-refractivity contribution in [3.63, 3.8) is 0 Å². The van der Waals surface area contributed by atoms with Gasteiger partial charge in [-0.05, 0) is 35.7 Å². The van der Waals surface area contributed by atoms with Crippen molar-refractivity contribution in [2.45, 2.75) is 30.9 Å². The zero-order chi connectivity index (χ0) is 22.9. The molecule has 2 aromatic carbocycles. The number of ketones is 1. The number of benzene rings is 2. The lowest BCUT2D eigenvalue weighted by atomic mass is 9.94. The highest BCUT2D eigenvalue weighted by molar-refractivity contribution is 6.01. The van der Waals surface area contributed by atoms with Crippen LogP contribution < -0.4 is 5.11 Å². The number of rotatable bonds is 6. The van der Waals surface area contributed by atoms with Gasteiger partial charge in [0.1, 0.15) is 18.0 Å². The summed E-state index contributed by atoms with van der Waals surface area (Å²) >= 11 is 0. The van der Waals surface area contributed by atoms with Gasteiger partial charge in [0.2, 0.25) is 5.78 Å². The van der Waals surface area contributed by atoms with Crippen LogP contribution in [0.4, 0.5) is 31.5 Å². The molecule has 31 heavy (non-hydrogen) atoms. The van der Waals surface area contributed by atoms with E-state index in [2.05, 4.69) is 0 Å². The maximum Gasteiger partial charge on any atom is 0.416 e. The molecule has 1 heterocycles. The Balaban J connectivity index is 1.94. The van der Waals surface area contributed by atoms with Crippen LogP contribution in [-0.4, -0.2) is 41.3 Å². The van der Waals surface area contributed by atoms with Crippen LogP contribution in [0.3, 0.4) is 0 Å². The summed E-state index contributed by atoms with van der Waals surface area (Å²) in [5, 5.41) is 11.4. The highest BCUT2D eigenvalue weighted by atomic mass is 19.3. The number of Topliss-reactive ketones (excluding diaryl/α,β-unsaturated/α-hetero) is 1. The van der Waals surface area contributed by atoms with Crippen molar-refractivity contribution in [1.82, 2.24) is 4.90 Å². The normalized spacial score (nSPS) is 18.9. The first-order valence-electron chi connectivity index (χ1n) is 8.78. The van der Waals surface area contributed by atoms with E-state index in [0.717, 1.165) is 30.3 Å². The molecular formula is C20H13F5NO5-. The number of ether oxygens (including phenoxy) is 1. The molecule has 0 N–H and O–H groups in total. The number of hydrogen-bond acceptors (Lipinski definition) is 5. The molecule has 0 saturated carbocycles. The molecule has 0 spiro atoms. The molecule has 164 valence electrons. The first kappa shape index (κ1) is 22.2. The molecule has 1 saturated heterocycles. The second-order valence-electron chi connectivity index (χ2n) is 6.72. The minimum atomic E-state index is -4.90. The molecule has 2 aromatic rings. The average Bonchev–Trinajstić information content (AvgIpc) is 3.04. The molecule has 2 atom stereocenters. The Hall–Kier alpha value is -3.50. The highest BCUT2D eigenvalue weighted by Crippen LogP contribution is 2.35. The molecule has 1 fully saturated rings. The second-order valence-corrected chi connectivity index (χ2v) is 6.72. The van der Waals surface area contributed by atoms with Gasteiger partial charge in [0.15, 0.2) is 0 Å². The van der Waals surface area contributed by atoms with Crippen LogP contribution in [0.2, 0.25) is 0 Å². The van der Waals surface area contributed by atoms with Crippen molar-refractivity contribution in [2.24, 2.45) is 0 Å². The van der Waals surface area contributed by atoms with Gasteiger partial charge in [-0.3, -0.25) is 9.69 Å². The van der Waals surface area contributed by atoms with Crippen LogP contribution in [-0.2, 0) is 11.2 Å².